The number of oxazole rings is 1. The van der Waals surface area contributed by atoms with Crippen molar-refractivity contribution in [1.29, 1.82) is 0 Å². The Balaban J connectivity index is 1.34. The van der Waals surface area contributed by atoms with Gasteiger partial charge in [-0.3, -0.25) is 9.78 Å². The van der Waals surface area contributed by atoms with E-state index >= 15 is 0 Å². The minimum absolute atomic E-state index is 0.277. The number of hydrogen-bond donors (Lipinski definition) is 1. The van der Waals surface area contributed by atoms with Gasteiger partial charge in [0.15, 0.2) is 11.7 Å². The second kappa shape index (κ2) is 8.32. The summed E-state index contributed by atoms with van der Waals surface area (Å²) >= 11 is 6.27. The summed E-state index contributed by atoms with van der Waals surface area (Å²) < 4.78 is 11.8. The molecule has 0 radical (unpaired) electrons. The molecule has 0 bridgehead atoms. The van der Waals surface area contributed by atoms with Crippen molar-refractivity contribution < 1.29 is 13.9 Å². The third kappa shape index (κ3) is 3.88. The minimum atomic E-state index is -0.722. The van der Waals surface area contributed by atoms with Gasteiger partial charge in [0.1, 0.15) is 11.3 Å². The van der Waals surface area contributed by atoms with Crippen molar-refractivity contribution in [1.82, 2.24) is 9.97 Å². The molecule has 1 unspecified atom stereocenters. The summed E-state index contributed by atoms with van der Waals surface area (Å²) in [4.78, 5) is 21.3. The maximum atomic E-state index is 12.8. The van der Waals surface area contributed by atoms with Gasteiger partial charge in [0, 0.05) is 39.4 Å². The summed E-state index contributed by atoms with van der Waals surface area (Å²) in [7, 11) is 0. The first-order valence-electron chi connectivity index (χ1n) is 10.0. The van der Waals surface area contributed by atoms with E-state index in [2.05, 4.69) is 15.3 Å². The van der Waals surface area contributed by atoms with Crippen LogP contribution in [-0.2, 0) is 4.79 Å². The quantitative estimate of drug-likeness (QED) is 0.355. The second-order valence-corrected chi connectivity index (χ2v) is 7.69. The van der Waals surface area contributed by atoms with Gasteiger partial charge in [-0.1, -0.05) is 35.9 Å². The molecule has 2 heterocycles. The number of anilines is 1. The zero-order valence-corrected chi connectivity index (χ0v) is 17.8. The Labute approximate surface area is 188 Å². The molecule has 158 valence electrons. The van der Waals surface area contributed by atoms with Gasteiger partial charge in [0.2, 0.25) is 5.89 Å². The molecule has 0 spiro atoms. The number of nitrogens with zero attached hydrogens (tertiary/aromatic N) is 2. The van der Waals surface area contributed by atoms with Gasteiger partial charge in [-0.2, -0.15) is 0 Å². The lowest BCUT2D eigenvalue weighted by atomic mass is 10.1. The number of benzene rings is 3. The van der Waals surface area contributed by atoms with Crippen LogP contribution in [0, 0.1) is 0 Å². The van der Waals surface area contributed by atoms with Crippen LogP contribution in [-0.4, -0.2) is 22.0 Å². The van der Waals surface area contributed by atoms with Crippen LogP contribution in [0.4, 0.5) is 5.69 Å². The van der Waals surface area contributed by atoms with E-state index < -0.39 is 6.10 Å². The van der Waals surface area contributed by atoms with Crippen molar-refractivity contribution >= 4 is 45.1 Å². The molecular formula is C25H18ClN3O3. The number of carbonyl (C=O) groups excluding carboxylic acids is 1. The maximum absolute atomic E-state index is 12.8. The molecule has 2 aromatic heterocycles. The van der Waals surface area contributed by atoms with E-state index in [4.69, 9.17) is 20.8 Å². The summed E-state index contributed by atoms with van der Waals surface area (Å²) in [5.74, 6) is 0.819. The van der Waals surface area contributed by atoms with Gasteiger partial charge in [-0.15, -0.1) is 0 Å². The van der Waals surface area contributed by atoms with E-state index in [9.17, 15) is 4.79 Å². The molecule has 1 atom stereocenters. The van der Waals surface area contributed by atoms with Gasteiger partial charge in [-0.05, 0) is 49.4 Å². The number of rotatable bonds is 5. The molecule has 0 saturated carbocycles. The molecule has 3 aromatic carbocycles. The van der Waals surface area contributed by atoms with E-state index in [0.717, 1.165) is 16.3 Å². The van der Waals surface area contributed by atoms with E-state index in [0.29, 0.717) is 33.4 Å². The molecule has 1 amide bonds. The number of nitrogens with one attached hydrogen (secondary N) is 1. The molecule has 0 aliphatic carbocycles. The summed E-state index contributed by atoms with van der Waals surface area (Å²) in [6.45, 7) is 1.70. The van der Waals surface area contributed by atoms with E-state index in [1.54, 1.807) is 49.6 Å². The van der Waals surface area contributed by atoms with E-state index in [1.165, 1.54) is 0 Å². The third-order valence-corrected chi connectivity index (χ3v) is 5.42. The highest BCUT2D eigenvalue weighted by Gasteiger charge is 2.17. The first-order valence-corrected chi connectivity index (χ1v) is 10.4. The number of halogens is 1. The number of fused-ring (bicyclic) bond motifs is 2. The van der Waals surface area contributed by atoms with Gasteiger partial charge < -0.3 is 14.5 Å². The van der Waals surface area contributed by atoms with Crippen LogP contribution in [0.5, 0.6) is 5.75 Å². The second-order valence-electron chi connectivity index (χ2n) is 7.28. The highest BCUT2D eigenvalue weighted by Crippen LogP contribution is 2.32. The number of hydrogen-bond acceptors (Lipinski definition) is 5. The van der Waals surface area contributed by atoms with Gasteiger partial charge in [-0.25, -0.2) is 4.98 Å². The molecular weight excluding hydrogens is 426 g/mol. The molecule has 5 aromatic rings. The van der Waals surface area contributed by atoms with E-state index in [1.807, 2.05) is 36.4 Å². The van der Waals surface area contributed by atoms with Crippen molar-refractivity contribution in [3.63, 3.8) is 0 Å². The summed E-state index contributed by atoms with van der Waals surface area (Å²) in [5, 5.41) is 5.25. The van der Waals surface area contributed by atoms with Crippen molar-refractivity contribution in [2.24, 2.45) is 0 Å². The predicted molar refractivity (Wildman–Crippen MR) is 125 cm³/mol. The molecule has 1 N–H and O–H groups in total. The Hall–Kier alpha value is -3.90. The molecule has 0 aliphatic rings. The molecule has 0 saturated heterocycles. The number of amides is 1. The van der Waals surface area contributed by atoms with Crippen LogP contribution < -0.4 is 10.1 Å². The van der Waals surface area contributed by atoms with Gasteiger partial charge in [0.25, 0.3) is 5.91 Å². The molecule has 7 heteroatoms. The van der Waals surface area contributed by atoms with Crippen LogP contribution in [0.15, 0.2) is 83.5 Å². The first-order chi connectivity index (χ1) is 15.6. The SMILES string of the molecule is CC(Oc1ccc(Cl)c2ccccc12)C(=O)Nc1ccc2oc(-c3ccncc3)nc2c1. The monoisotopic (exact) mass is 443 g/mol. The highest BCUT2D eigenvalue weighted by molar-refractivity contribution is 6.35. The van der Waals surface area contributed by atoms with Gasteiger partial charge in [0.05, 0.1) is 0 Å². The van der Waals surface area contributed by atoms with Crippen LogP contribution in [0.3, 0.4) is 0 Å². The van der Waals surface area contributed by atoms with Crippen LogP contribution in [0.25, 0.3) is 33.3 Å². The fourth-order valence-corrected chi connectivity index (χ4v) is 3.68. The van der Waals surface area contributed by atoms with E-state index in [-0.39, 0.29) is 5.91 Å². The Morgan fingerprint density at radius 3 is 2.62 bits per heavy atom. The largest absolute Gasteiger partial charge is 0.480 e. The molecule has 5 rings (SSSR count). The van der Waals surface area contributed by atoms with Crippen molar-refractivity contribution in [2.45, 2.75) is 13.0 Å². The van der Waals surface area contributed by atoms with Crippen LogP contribution in [0.2, 0.25) is 5.02 Å². The maximum Gasteiger partial charge on any atom is 0.265 e. The number of aromatic nitrogens is 2. The summed E-state index contributed by atoms with van der Waals surface area (Å²) in [6, 6.07) is 20.2. The normalized spacial score (nSPS) is 12.1. The highest BCUT2D eigenvalue weighted by atomic mass is 35.5. The van der Waals surface area contributed by atoms with Crippen molar-refractivity contribution in [3.8, 4) is 17.2 Å². The lowest BCUT2D eigenvalue weighted by molar-refractivity contribution is -0.122. The van der Waals surface area contributed by atoms with Crippen molar-refractivity contribution in [3.05, 3.63) is 84.1 Å². The Bertz CT molecular complexity index is 1430. The molecule has 6 nitrogen and oxygen atoms in total. The number of pyridine rings is 1. The Kier molecular flexibility index (Phi) is 5.21. The smallest absolute Gasteiger partial charge is 0.265 e. The minimum Gasteiger partial charge on any atom is -0.480 e. The molecule has 0 aliphatic heterocycles. The Morgan fingerprint density at radius 2 is 1.81 bits per heavy atom. The lowest BCUT2D eigenvalue weighted by Crippen LogP contribution is -2.30. The Morgan fingerprint density at radius 1 is 1.03 bits per heavy atom. The average Bonchev–Trinajstić information content (AvgIpc) is 3.25. The topological polar surface area (TPSA) is 77.2 Å². The number of ether oxygens (including phenoxy) is 1. The fraction of sp³-hybridized carbons (Fsp3) is 0.0800. The lowest BCUT2D eigenvalue weighted by Gasteiger charge is -2.16. The fourth-order valence-electron chi connectivity index (χ4n) is 3.45. The summed E-state index contributed by atoms with van der Waals surface area (Å²) in [6.07, 6.45) is 2.64. The molecule has 32 heavy (non-hydrogen) atoms. The third-order valence-electron chi connectivity index (χ3n) is 5.09. The standard InChI is InChI=1S/C25H18ClN3O3/c1-15(31-22-9-7-20(26)18-4-2-3-5-19(18)22)24(30)28-17-6-8-23-21(14-17)29-25(32-23)16-10-12-27-13-11-16/h2-15H,1H3,(H,28,30). The van der Waals surface area contributed by atoms with Crippen LogP contribution >= 0.6 is 11.6 Å². The summed E-state index contributed by atoms with van der Waals surface area (Å²) in [5.41, 5.74) is 2.71. The predicted octanol–water partition coefficient (Wildman–Crippen LogP) is 6.10. The zero-order valence-electron chi connectivity index (χ0n) is 17.1. The number of carbonyl (C=O) groups is 1. The first kappa shape index (κ1) is 20.0. The molecule has 0 fully saturated rings. The van der Waals surface area contributed by atoms with Crippen LogP contribution in [0.1, 0.15) is 6.92 Å². The average molecular weight is 444 g/mol. The van der Waals surface area contributed by atoms with Crippen molar-refractivity contribution in [2.75, 3.05) is 5.32 Å². The van der Waals surface area contributed by atoms with Gasteiger partial charge >= 0.3 is 0 Å². The zero-order chi connectivity index (χ0) is 22.1.